The molecule has 0 heterocycles. The molecule has 4 aromatic rings. The molecule has 0 aliphatic carbocycles. The number of halogens is 2. The number of nitrogens with zero attached hydrogens (tertiary/aromatic N) is 1. The van der Waals surface area contributed by atoms with Gasteiger partial charge in [-0.05, 0) is 78.6 Å². The molecule has 144 valence electrons. The standard InChI is InChI=1S/C26H21Br2N/c27-22-15-18-26(28)21(19-22)14-11-20-12-16-25(17-13-20)29(23-7-3-1-4-8-23)24-9-5-2-6-10-24/h1-10,12-13,15-19H,11,14H2. The Morgan fingerprint density at radius 3 is 1.69 bits per heavy atom. The summed E-state index contributed by atoms with van der Waals surface area (Å²) in [5.41, 5.74) is 6.13. The summed E-state index contributed by atoms with van der Waals surface area (Å²) in [6.07, 6.45) is 2.01. The third kappa shape index (κ3) is 4.98. The van der Waals surface area contributed by atoms with Crippen molar-refractivity contribution in [2.45, 2.75) is 12.8 Å². The molecule has 0 saturated carbocycles. The molecule has 0 fully saturated rings. The van der Waals surface area contributed by atoms with Crippen molar-refractivity contribution in [2.75, 3.05) is 4.90 Å². The Labute approximate surface area is 189 Å². The van der Waals surface area contributed by atoms with Gasteiger partial charge in [-0.2, -0.15) is 0 Å². The van der Waals surface area contributed by atoms with Gasteiger partial charge in [0.2, 0.25) is 0 Å². The number of benzene rings is 4. The van der Waals surface area contributed by atoms with Crippen LogP contribution in [0.4, 0.5) is 17.1 Å². The van der Waals surface area contributed by atoms with Crippen molar-refractivity contribution in [3.8, 4) is 0 Å². The highest BCUT2D eigenvalue weighted by Crippen LogP contribution is 2.34. The number of para-hydroxylation sites is 2. The lowest BCUT2D eigenvalue weighted by Gasteiger charge is -2.25. The minimum absolute atomic E-state index is 1.00. The van der Waals surface area contributed by atoms with Gasteiger partial charge in [0.15, 0.2) is 0 Å². The number of rotatable bonds is 6. The minimum Gasteiger partial charge on any atom is -0.311 e. The first-order valence-electron chi connectivity index (χ1n) is 9.64. The van der Waals surface area contributed by atoms with E-state index in [2.05, 4.69) is 140 Å². The predicted octanol–water partition coefficient (Wildman–Crippen LogP) is 8.47. The molecule has 0 spiro atoms. The zero-order valence-corrected chi connectivity index (χ0v) is 19.1. The van der Waals surface area contributed by atoms with Crippen molar-refractivity contribution >= 4 is 48.9 Å². The fourth-order valence-electron chi connectivity index (χ4n) is 3.43. The molecule has 0 unspecified atom stereocenters. The maximum Gasteiger partial charge on any atom is 0.0461 e. The van der Waals surface area contributed by atoms with E-state index in [1.807, 2.05) is 0 Å². The molecular formula is C26H21Br2N. The fourth-order valence-corrected chi connectivity index (χ4v) is 4.28. The molecule has 4 rings (SSSR count). The maximum absolute atomic E-state index is 3.66. The summed E-state index contributed by atoms with van der Waals surface area (Å²) >= 11 is 7.22. The second-order valence-electron chi connectivity index (χ2n) is 6.91. The third-order valence-electron chi connectivity index (χ3n) is 4.91. The second-order valence-corrected chi connectivity index (χ2v) is 8.68. The lowest BCUT2D eigenvalue weighted by Crippen LogP contribution is -2.09. The van der Waals surface area contributed by atoms with Gasteiger partial charge in [-0.1, -0.05) is 80.4 Å². The average Bonchev–Trinajstić information content (AvgIpc) is 2.77. The van der Waals surface area contributed by atoms with Crippen LogP contribution in [0.1, 0.15) is 11.1 Å². The summed E-state index contributed by atoms with van der Waals surface area (Å²) in [7, 11) is 0. The van der Waals surface area contributed by atoms with Gasteiger partial charge in [-0.25, -0.2) is 0 Å². The summed E-state index contributed by atoms with van der Waals surface area (Å²) in [5.74, 6) is 0. The van der Waals surface area contributed by atoms with E-state index in [-0.39, 0.29) is 0 Å². The Balaban J connectivity index is 1.57. The first kappa shape index (κ1) is 19.9. The molecule has 0 N–H and O–H groups in total. The van der Waals surface area contributed by atoms with Gasteiger partial charge in [0.1, 0.15) is 0 Å². The highest BCUT2D eigenvalue weighted by molar-refractivity contribution is 9.11. The van der Waals surface area contributed by atoms with E-state index >= 15 is 0 Å². The Hall–Kier alpha value is -2.36. The van der Waals surface area contributed by atoms with Crippen molar-refractivity contribution in [1.29, 1.82) is 0 Å². The van der Waals surface area contributed by atoms with Gasteiger partial charge < -0.3 is 4.90 Å². The summed E-state index contributed by atoms with van der Waals surface area (Å²) in [6, 6.07) is 36.2. The Morgan fingerprint density at radius 1 is 0.552 bits per heavy atom. The average molecular weight is 507 g/mol. The topological polar surface area (TPSA) is 3.24 Å². The van der Waals surface area contributed by atoms with Crippen LogP contribution in [0.5, 0.6) is 0 Å². The summed E-state index contributed by atoms with van der Waals surface area (Å²) in [6.45, 7) is 0. The highest BCUT2D eigenvalue weighted by Gasteiger charge is 2.11. The van der Waals surface area contributed by atoms with Crippen molar-refractivity contribution < 1.29 is 0 Å². The van der Waals surface area contributed by atoms with Crippen LogP contribution < -0.4 is 4.90 Å². The lowest BCUT2D eigenvalue weighted by atomic mass is 10.0. The monoisotopic (exact) mass is 505 g/mol. The number of hydrogen-bond acceptors (Lipinski definition) is 1. The summed E-state index contributed by atoms with van der Waals surface area (Å²) in [5, 5.41) is 0. The van der Waals surface area contributed by atoms with E-state index < -0.39 is 0 Å². The minimum atomic E-state index is 1.00. The van der Waals surface area contributed by atoms with Crippen LogP contribution in [0.25, 0.3) is 0 Å². The first-order chi connectivity index (χ1) is 14.2. The number of hydrogen-bond donors (Lipinski definition) is 0. The van der Waals surface area contributed by atoms with Gasteiger partial charge in [0.25, 0.3) is 0 Å². The van der Waals surface area contributed by atoms with Crippen LogP contribution in [0.2, 0.25) is 0 Å². The largest absolute Gasteiger partial charge is 0.311 e. The van der Waals surface area contributed by atoms with Gasteiger partial charge in [-0.15, -0.1) is 0 Å². The molecular weight excluding hydrogens is 486 g/mol. The third-order valence-corrected chi connectivity index (χ3v) is 6.18. The molecule has 29 heavy (non-hydrogen) atoms. The van der Waals surface area contributed by atoms with Crippen molar-refractivity contribution in [3.05, 3.63) is 123 Å². The van der Waals surface area contributed by atoms with Crippen LogP contribution in [-0.4, -0.2) is 0 Å². The zero-order chi connectivity index (χ0) is 20.1. The first-order valence-corrected chi connectivity index (χ1v) is 11.2. The second kappa shape index (κ2) is 9.43. The van der Waals surface area contributed by atoms with Crippen molar-refractivity contribution in [1.82, 2.24) is 0 Å². The van der Waals surface area contributed by atoms with E-state index in [0.717, 1.165) is 38.8 Å². The van der Waals surface area contributed by atoms with Crippen LogP contribution in [-0.2, 0) is 12.8 Å². The number of aryl methyl sites for hydroxylation is 2. The van der Waals surface area contributed by atoms with Crippen molar-refractivity contribution in [2.24, 2.45) is 0 Å². The van der Waals surface area contributed by atoms with Gasteiger partial charge in [0.05, 0.1) is 0 Å². The van der Waals surface area contributed by atoms with E-state index in [1.54, 1.807) is 0 Å². The molecule has 0 bridgehead atoms. The molecule has 0 aromatic heterocycles. The fraction of sp³-hybridized carbons (Fsp3) is 0.0769. The van der Waals surface area contributed by atoms with Crippen LogP contribution in [0.15, 0.2) is 112 Å². The van der Waals surface area contributed by atoms with Crippen LogP contribution in [0, 0.1) is 0 Å². The summed E-state index contributed by atoms with van der Waals surface area (Å²) < 4.78 is 2.28. The van der Waals surface area contributed by atoms with E-state index in [1.165, 1.54) is 11.1 Å². The Kier molecular flexibility index (Phi) is 6.48. The quantitative estimate of drug-likeness (QED) is 0.253. The molecule has 0 radical (unpaired) electrons. The normalized spacial score (nSPS) is 10.7. The molecule has 0 aliphatic heterocycles. The smallest absolute Gasteiger partial charge is 0.0461 e. The molecule has 3 heteroatoms. The Bertz CT molecular complexity index is 1020. The number of anilines is 3. The molecule has 0 atom stereocenters. The van der Waals surface area contributed by atoms with Crippen LogP contribution in [0.3, 0.4) is 0 Å². The van der Waals surface area contributed by atoms with Gasteiger partial charge >= 0.3 is 0 Å². The van der Waals surface area contributed by atoms with Crippen LogP contribution >= 0.6 is 31.9 Å². The predicted molar refractivity (Wildman–Crippen MR) is 130 cm³/mol. The SMILES string of the molecule is Brc1ccc(Br)c(CCc2ccc(N(c3ccccc3)c3ccccc3)cc2)c1. The molecule has 1 nitrogen and oxygen atoms in total. The Morgan fingerprint density at radius 2 is 1.10 bits per heavy atom. The van der Waals surface area contributed by atoms with E-state index in [9.17, 15) is 0 Å². The highest BCUT2D eigenvalue weighted by atomic mass is 79.9. The molecule has 4 aromatic carbocycles. The summed E-state index contributed by atoms with van der Waals surface area (Å²) in [4.78, 5) is 2.29. The maximum atomic E-state index is 3.66. The molecule has 0 saturated heterocycles. The van der Waals surface area contributed by atoms with E-state index in [0.29, 0.717) is 0 Å². The van der Waals surface area contributed by atoms with Crippen molar-refractivity contribution in [3.63, 3.8) is 0 Å². The molecule has 0 aliphatic rings. The van der Waals surface area contributed by atoms with Gasteiger partial charge in [-0.3, -0.25) is 0 Å². The molecule has 0 amide bonds. The zero-order valence-electron chi connectivity index (χ0n) is 15.9. The van der Waals surface area contributed by atoms with E-state index in [4.69, 9.17) is 0 Å². The van der Waals surface area contributed by atoms with Gasteiger partial charge in [0, 0.05) is 26.0 Å². The lowest BCUT2D eigenvalue weighted by molar-refractivity contribution is 0.953.